The fourth-order valence-electron chi connectivity index (χ4n) is 3.38. The van der Waals surface area contributed by atoms with E-state index in [1.165, 1.54) is 29.1 Å². The molecule has 0 radical (unpaired) electrons. The van der Waals surface area contributed by atoms with Crippen LogP contribution in [-0.2, 0) is 6.42 Å². The molecule has 0 saturated carbocycles. The van der Waals surface area contributed by atoms with Crippen molar-refractivity contribution in [1.82, 2.24) is 5.32 Å². The first kappa shape index (κ1) is 12.5. The molecule has 1 N–H and O–H groups in total. The minimum atomic E-state index is 0.542. The van der Waals surface area contributed by atoms with Crippen molar-refractivity contribution in [2.45, 2.75) is 29.7 Å². The van der Waals surface area contributed by atoms with E-state index >= 15 is 0 Å². The summed E-state index contributed by atoms with van der Waals surface area (Å²) in [6.45, 7) is 1.11. The normalized spacial score (nSPS) is 23.6. The van der Waals surface area contributed by atoms with Crippen LogP contribution < -0.4 is 5.32 Å². The summed E-state index contributed by atoms with van der Waals surface area (Å²) in [4.78, 5) is 1.46. The van der Waals surface area contributed by atoms with Crippen molar-refractivity contribution in [2.75, 3.05) is 12.3 Å². The molecule has 0 spiro atoms. The topological polar surface area (TPSA) is 12.0 Å². The van der Waals surface area contributed by atoms with Crippen LogP contribution in [0.1, 0.15) is 35.1 Å². The van der Waals surface area contributed by atoms with Gasteiger partial charge in [-0.15, -0.1) is 11.8 Å². The maximum absolute atomic E-state index is 3.81. The number of benzene rings is 2. The zero-order chi connectivity index (χ0) is 13.4. The monoisotopic (exact) mass is 281 g/mol. The summed E-state index contributed by atoms with van der Waals surface area (Å²) >= 11 is 2.00. The molecule has 0 bridgehead atoms. The Bertz CT molecular complexity index is 622. The standard InChI is InChI=1S/C18H19NS/c1-2-6-15-13(5-1)11-14(15)12-19-17-9-10-20-18-8-4-3-7-16(17)18/h1-8,14,17,19H,9-12H2. The van der Waals surface area contributed by atoms with Crippen molar-refractivity contribution in [1.29, 1.82) is 0 Å². The Hall–Kier alpha value is -1.25. The Morgan fingerprint density at radius 3 is 2.70 bits per heavy atom. The molecule has 1 nitrogen and oxygen atoms in total. The Balaban J connectivity index is 1.45. The van der Waals surface area contributed by atoms with Gasteiger partial charge in [0.1, 0.15) is 0 Å². The van der Waals surface area contributed by atoms with Crippen LogP contribution in [-0.4, -0.2) is 12.3 Å². The van der Waals surface area contributed by atoms with Gasteiger partial charge in [-0.2, -0.15) is 0 Å². The minimum Gasteiger partial charge on any atom is -0.309 e. The maximum atomic E-state index is 3.81. The molecule has 2 heteroatoms. The highest BCUT2D eigenvalue weighted by atomic mass is 32.2. The lowest BCUT2D eigenvalue weighted by molar-refractivity contribution is 0.456. The summed E-state index contributed by atoms with van der Waals surface area (Å²) in [5.74, 6) is 1.95. The molecule has 0 aromatic heterocycles. The van der Waals surface area contributed by atoms with E-state index in [-0.39, 0.29) is 0 Å². The molecule has 1 heterocycles. The van der Waals surface area contributed by atoms with E-state index in [1.54, 1.807) is 11.1 Å². The van der Waals surface area contributed by atoms with Gasteiger partial charge in [-0.3, -0.25) is 0 Å². The fraction of sp³-hybridized carbons (Fsp3) is 0.333. The molecule has 0 saturated heterocycles. The SMILES string of the molecule is c1ccc2c(c1)CC2CNC1CCSc2ccccc21. The number of hydrogen-bond donors (Lipinski definition) is 1. The van der Waals surface area contributed by atoms with E-state index in [2.05, 4.69) is 53.8 Å². The molecule has 1 aliphatic carbocycles. The summed E-state index contributed by atoms with van der Waals surface area (Å²) in [6, 6.07) is 18.3. The molecule has 1 aliphatic heterocycles. The van der Waals surface area contributed by atoms with Crippen molar-refractivity contribution in [3.05, 3.63) is 65.2 Å². The largest absolute Gasteiger partial charge is 0.309 e. The molecule has 0 amide bonds. The minimum absolute atomic E-state index is 0.542. The Kier molecular flexibility index (Phi) is 3.29. The van der Waals surface area contributed by atoms with Crippen LogP contribution in [0.2, 0.25) is 0 Å². The van der Waals surface area contributed by atoms with E-state index in [4.69, 9.17) is 0 Å². The van der Waals surface area contributed by atoms with E-state index in [0.29, 0.717) is 12.0 Å². The van der Waals surface area contributed by atoms with Crippen LogP contribution in [0, 0.1) is 0 Å². The lowest BCUT2D eigenvalue weighted by Gasteiger charge is -2.33. The second-order valence-corrected chi connectivity index (χ2v) is 6.87. The van der Waals surface area contributed by atoms with Crippen LogP contribution in [0.4, 0.5) is 0 Å². The van der Waals surface area contributed by atoms with Crippen LogP contribution in [0.3, 0.4) is 0 Å². The average Bonchev–Trinajstić information content (AvgIpc) is 2.48. The summed E-state index contributed by atoms with van der Waals surface area (Å²) in [5.41, 5.74) is 4.59. The van der Waals surface area contributed by atoms with Gasteiger partial charge in [0.15, 0.2) is 0 Å². The second kappa shape index (κ2) is 5.27. The summed E-state index contributed by atoms with van der Waals surface area (Å²) in [6.07, 6.45) is 2.49. The van der Waals surface area contributed by atoms with Crippen molar-refractivity contribution in [3.8, 4) is 0 Å². The molecule has 2 aromatic carbocycles. The Morgan fingerprint density at radius 1 is 1.00 bits per heavy atom. The zero-order valence-electron chi connectivity index (χ0n) is 11.5. The van der Waals surface area contributed by atoms with Crippen LogP contribution in [0.5, 0.6) is 0 Å². The third-order valence-electron chi connectivity index (χ3n) is 4.53. The van der Waals surface area contributed by atoms with E-state index in [1.807, 2.05) is 11.8 Å². The van der Waals surface area contributed by atoms with Crippen molar-refractivity contribution in [2.24, 2.45) is 0 Å². The molecule has 2 unspecified atom stereocenters. The summed E-state index contributed by atoms with van der Waals surface area (Å²) < 4.78 is 0. The first-order chi connectivity index (χ1) is 9.92. The smallest absolute Gasteiger partial charge is 0.0339 e. The molecule has 102 valence electrons. The lowest BCUT2D eigenvalue weighted by atomic mass is 9.77. The van der Waals surface area contributed by atoms with Gasteiger partial charge in [0, 0.05) is 23.4 Å². The van der Waals surface area contributed by atoms with Gasteiger partial charge in [-0.05, 0) is 41.4 Å². The highest BCUT2D eigenvalue weighted by Gasteiger charge is 2.27. The van der Waals surface area contributed by atoms with Gasteiger partial charge >= 0.3 is 0 Å². The number of nitrogens with one attached hydrogen (secondary N) is 1. The summed E-state index contributed by atoms with van der Waals surface area (Å²) in [7, 11) is 0. The molecule has 0 fully saturated rings. The van der Waals surface area contributed by atoms with E-state index in [9.17, 15) is 0 Å². The van der Waals surface area contributed by atoms with Gasteiger partial charge in [0.2, 0.25) is 0 Å². The fourth-order valence-corrected chi connectivity index (χ4v) is 4.51. The summed E-state index contributed by atoms with van der Waals surface area (Å²) in [5, 5.41) is 3.81. The molecule has 4 rings (SSSR count). The van der Waals surface area contributed by atoms with Gasteiger partial charge in [-0.1, -0.05) is 42.5 Å². The van der Waals surface area contributed by atoms with E-state index in [0.717, 1.165) is 6.54 Å². The molecule has 2 aromatic rings. The first-order valence-corrected chi connectivity index (χ1v) is 8.43. The molecule has 2 atom stereocenters. The molecular weight excluding hydrogens is 262 g/mol. The molecular formula is C18H19NS. The predicted molar refractivity (Wildman–Crippen MR) is 85.4 cm³/mol. The highest BCUT2D eigenvalue weighted by molar-refractivity contribution is 7.99. The zero-order valence-corrected chi connectivity index (χ0v) is 12.3. The number of fused-ring (bicyclic) bond motifs is 2. The van der Waals surface area contributed by atoms with Crippen LogP contribution in [0.25, 0.3) is 0 Å². The van der Waals surface area contributed by atoms with Crippen LogP contribution >= 0.6 is 11.8 Å². The van der Waals surface area contributed by atoms with E-state index < -0.39 is 0 Å². The molecule has 20 heavy (non-hydrogen) atoms. The van der Waals surface area contributed by atoms with Crippen molar-refractivity contribution in [3.63, 3.8) is 0 Å². The Morgan fingerprint density at radius 2 is 1.80 bits per heavy atom. The third-order valence-corrected chi connectivity index (χ3v) is 5.65. The lowest BCUT2D eigenvalue weighted by Crippen LogP contribution is -2.33. The second-order valence-electron chi connectivity index (χ2n) is 5.74. The first-order valence-electron chi connectivity index (χ1n) is 7.45. The quantitative estimate of drug-likeness (QED) is 0.907. The maximum Gasteiger partial charge on any atom is 0.0339 e. The third kappa shape index (κ3) is 2.17. The number of hydrogen-bond acceptors (Lipinski definition) is 2. The number of rotatable bonds is 3. The highest BCUT2D eigenvalue weighted by Crippen LogP contribution is 2.38. The Labute approximate surface area is 124 Å². The number of thioether (sulfide) groups is 1. The molecule has 2 aliphatic rings. The van der Waals surface area contributed by atoms with Gasteiger partial charge < -0.3 is 5.32 Å². The average molecular weight is 281 g/mol. The predicted octanol–water partition coefficient (Wildman–Crippen LogP) is 4.15. The van der Waals surface area contributed by atoms with Gasteiger partial charge in [0.25, 0.3) is 0 Å². The van der Waals surface area contributed by atoms with Crippen molar-refractivity contribution >= 4 is 11.8 Å². The van der Waals surface area contributed by atoms with Crippen molar-refractivity contribution < 1.29 is 0 Å². The van der Waals surface area contributed by atoms with Crippen LogP contribution in [0.15, 0.2) is 53.4 Å². The van der Waals surface area contributed by atoms with Gasteiger partial charge in [0.05, 0.1) is 0 Å². The van der Waals surface area contributed by atoms with Gasteiger partial charge in [-0.25, -0.2) is 0 Å².